The van der Waals surface area contributed by atoms with Gasteiger partial charge in [0.1, 0.15) is 0 Å². The van der Waals surface area contributed by atoms with Gasteiger partial charge in [-0.3, -0.25) is 0 Å². The summed E-state index contributed by atoms with van der Waals surface area (Å²) in [7, 11) is 0. The number of halogens is 2. The summed E-state index contributed by atoms with van der Waals surface area (Å²) in [5.74, 6) is -1.66. The standard InChI is InChI=1S/C22H33F2N/c1-17-10-13-25(15-17)16-20(21(2)11-5-4-6-12-21)18-8-7-9-19(14-18)22(3,23)24/h7-9,14,17,20H,4-6,10-13,15-16H2,1-3H3. The van der Waals surface area contributed by atoms with Crippen LogP contribution in [0.2, 0.25) is 0 Å². The van der Waals surface area contributed by atoms with Crippen LogP contribution in [0.1, 0.15) is 76.3 Å². The van der Waals surface area contributed by atoms with Gasteiger partial charge in [-0.25, -0.2) is 8.78 Å². The number of hydrogen-bond acceptors (Lipinski definition) is 1. The zero-order valence-corrected chi connectivity index (χ0v) is 16.0. The maximum absolute atomic E-state index is 13.9. The van der Waals surface area contributed by atoms with Crippen molar-refractivity contribution in [3.05, 3.63) is 35.4 Å². The summed E-state index contributed by atoms with van der Waals surface area (Å²) in [4.78, 5) is 2.56. The Morgan fingerprint density at radius 2 is 1.96 bits per heavy atom. The smallest absolute Gasteiger partial charge is 0.270 e. The molecule has 1 aliphatic carbocycles. The van der Waals surface area contributed by atoms with Crippen molar-refractivity contribution in [1.82, 2.24) is 4.90 Å². The Hall–Kier alpha value is -0.960. The summed E-state index contributed by atoms with van der Waals surface area (Å²) >= 11 is 0. The fourth-order valence-corrected chi connectivity index (χ4v) is 4.91. The van der Waals surface area contributed by atoms with Crippen molar-refractivity contribution >= 4 is 0 Å². The summed E-state index contributed by atoms with van der Waals surface area (Å²) in [5.41, 5.74) is 1.50. The average molecular weight is 350 g/mol. The number of benzene rings is 1. The second-order valence-corrected chi connectivity index (χ2v) is 8.93. The van der Waals surface area contributed by atoms with E-state index in [-0.39, 0.29) is 11.0 Å². The van der Waals surface area contributed by atoms with Crippen LogP contribution < -0.4 is 0 Å². The molecule has 25 heavy (non-hydrogen) atoms. The first-order valence-corrected chi connectivity index (χ1v) is 9.98. The van der Waals surface area contributed by atoms with Crippen LogP contribution in [0.25, 0.3) is 0 Å². The van der Waals surface area contributed by atoms with Crippen molar-refractivity contribution in [2.75, 3.05) is 19.6 Å². The van der Waals surface area contributed by atoms with Gasteiger partial charge in [-0.05, 0) is 48.8 Å². The quantitative estimate of drug-likeness (QED) is 0.612. The molecule has 0 spiro atoms. The van der Waals surface area contributed by atoms with Gasteiger partial charge in [0.2, 0.25) is 0 Å². The maximum Gasteiger partial charge on any atom is 0.270 e. The van der Waals surface area contributed by atoms with Crippen LogP contribution in [0.3, 0.4) is 0 Å². The lowest BCUT2D eigenvalue weighted by molar-refractivity contribution is 0.0172. The van der Waals surface area contributed by atoms with Crippen LogP contribution in [0.4, 0.5) is 8.78 Å². The van der Waals surface area contributed by atoms with Gasteiger partial charge in [-0.15, -0.1) is 0 Å². The van der Waals surface area contributed by atoms with Crippen LogP contribution in [-0.4, -0.2) is 24.5 Å². The highest BCUT2D eigenvalue weighted by Crippen LogP contribution is 2.48. The molecule has 2 unspecified atom stereocenters. The topological polar surface area (TPSA) is 3.24 Å². The molecule has 1 saturated heterocycles. The first kappa shape index (κ1) is 18.8. The fourth-order valence-electron chi connectivity index (χ4n) is 4.91. The monoisotopic (exact) mass is 349 g/mol. The van der Waals surface area contributed by atoms with Gasteiger partial charge < -0.3 is 4.90 Å². The summed E-state index contributed by atoms with van der Waals surface area (Å²) in [6.07, 6.45) is 7.55. The number of nitrogens with zero attached hydrogens (tertiary/aromatic N) is 1. The number of alkyl halides is 2. The van der Waals surface area contributed by atoms with Gasteiger partial charge in [-0.1, -0.05) is 51.3 Å². The molecule has 1 aromatic rings. The lowest BCUT2D eigenvalue weighted by Gasteiger charge is -2.43. The third-order valence-corrected chi connectivity index (χ3v) is 6.58. The van der Waals surface area contributed by atoms with Crippen LogP contribution in [-0.2, 0) is 5.92 Å². The van der Waals surface area contributed by atoms with Crippen LogP contribution in [0.5, 0.6) is 0 Å². The normalized spacial score (nSPS) is 25.9. The first-order valence-electron chi connectivity index (χ1n) is 9.98. The molecule has 1 aliphatic heterocycles. The van der Waals surface area contributed by atoms with Crippen LogP contribution in [0, 0.1) is 11.3 Å². The molecule has 0 radical (unpaired) electrons. The van der Waals surface area contributed by atoms with Crippen molar-refractivity contribution in [3.63, 3.8) is 0 Å². The molecule has 1 heterocycles. The SMILES string of the molecule is CC1CCN(CC(c2cccc(C(C)(F)F)c2)C2(C)CCCCC2)C1. The van der Waals surface area contributed by atoms with Crippen molar-refractivity contribution in [3.8, 4) is 0 Å². The van der Waals surface area contributed by atoms with Gasteiger partial charge in [0.25, 0.3) is 5.92 Å². The van der Waals surface area contributed by atoms with Gasteiger partial charge in [0.05, 0.1) is 0 Å². The van der Waals surface area contributed by atoms with Crippen molar-refractivity contribution < 1.29 is 8.78 Å². The van der Waals surface area contributed by atoms with E-state index in [0.717, 1.165) is 38.0 Å². The van der Waals surface area contributed by atoms with E-state index in [0.29, 0.717) is 5.92 Å². The largest absolute Gasteiger partial charge is 0.302 e. The molecule has 0 aromatic heterocycles. The van der Waals surface area contributed by atoms with E-state index in [2.05, 4.69) is 24.8 Å². The Kier molecular flexibility index (Phi) is 5.53. The third-order valence-electron chi connectivity index (χ3n) is 6.58. The molecule has 0 amide bonds. The minimum Gasteiger partial charge on any atom is -0.302 e. The second kappa shape index (κ2) is 7.34. The Morgan fingerprint density at radius 3 is 2.56 bits per heavy atom. The van der Waals surface area contributed by atoms with E-state index < -0.39 is 5.92 Å². The zero-order valence-electron chi connectivity index (χ0n) is 16.0. The Morgan fingerprint density at radius 1 is 1.24 bits per heavy atom. The lowest BCUT2D eigenvalue weighted by Crippen LogP contribution is -2.37. The zero-order chi connectivity index (χ0) is 18.1. The third kappa shape index (κ3) is 4.42. The molecule has 140 valence electrons. The molecule has 0 N–H and O–H groups in total. The minimum absolute atomic E-state index is 0.157. The fraction of sp³-hybridized carbons (Fsp3) is 0.727. The molecule has 1 nitrogen and oxygen atoms in total. The highest BCUT2D eigenvalue weighted by molar-refractivity contribution is 5.31. The summed E-state index contributed by atoms with van der Waals surface area (Å²) < 4.78 is 27.8. The Labute approximate surface area is 151 Å². The van der Waals surface area contributed by atoms with Crippen LogP contribution >= 0.6 is 0 Å². The molecule has 2 fully saturated rings. The average Bonchev–Trinajstić information content (AvgIpc) is 2.98. The van der Waals surface area contributed by atoms with E-state index in [1.165, 1.54) is 38.5 Å². The molecule has 1 aromatic carbocycles. The molecule has 0 bridgehead atoms. The summed E-state index contributed by atoms with van der Waals surface area (Å²) in [6.45, 7) is 9.03. The lowest BCUT2D eigenvalue weighted by atomic mass is 9.64. The first-order chi connectivity index (χ1) is 11.8. The minimum atomic E-state index is -2.77. The molecule has 2 aliphatic rings. The van der Waals surface area contributed by atoms with E-state index in [4.69, 9.17) is 0 Å². The van der Waals surface area contributed by atoms with E-state index in [1.54, 1.807) is 12.1 Å². The van der Waals surface area contributed by atoms with Gasteiger partial charge in [0, 0.05) is 31.5 Å². The molecular formula is C22H33F2N. The van der Waals surface area contributed by atoms with Crippen molar-refractivity contribution in [1.29, 1.82) is 0 Å². The maximum atomic E-state index is 13.9. The molecule has 2 atom stereocenters. The van der Waals surface area contributed by atoms with Gasteiger partial charge in [-0.2, -0.15) is 0 Å². The van der Waals surface area contributed by atoms with Crippen molar-refractivity contribution in [2.45, 2.75) is 71.1 Å². The van der Waals surface area contributed by atoms with E-state index in [1.807, 2.05) is 6.07 Å². The Bertz CT molecular complexity index is 572. The van der Waals surface area contributed by atoms with E-state index >= 15 is 0 Å². The predicted octanol–water partition coefficient (Wildman–Crippen LogP) is 6.19. The van der Waals surface area contributed by atoms with Gasteiger partial charge in [0.15, 0.2) is 0 Å². The highest BCUT2D eigenvalue weighted by atomic mass is 19.3. The van der Waals surface area contributed by atoms with Crippen LogP contribution in [0.15, 0.2) is 24.3 Å². The summed E-state index contributed by atoms with van der Waals surface area (Å²) in [6, 6.07) is 7.26. The van der Waals surface area contributed by atoms with Gasteiger partial charge >= 0.3 is 0 Å². The number of rotatable bonds is 5. The summed E-state index contributed by atoms with van der Waals surface area (Å²) in [5, 5.41) is 0. The molecular weight excluding hydrogens is 316 g/mol. The molecule has 3 rings (SSSR count). The molecule has 1 saturated carbocycles. The van der Waals surface area contributed by atoms with E-state index in [9.17, 15) is 8.78 Å². The highest BCUT2D eigenvalue weighted by Gasteiger charge is 2.38. The number of likely N-dealkylation sites (tertiary alicyclic amines) is 1. The Balaban J connectivity index is 1.90. The predicted molar refractivity (Wildman–Crippen MR) is 100 cm³/mol. The van der Waals surface area contributed by atoms with Crippen molar-refractivity contribution in [2.24, 2.45) is 11.3 Å². The molecule has 3 heteroatoms. The second-order valence-electron chi connectivity index (χ2n) is 8.93. The number of hydrogen-bond donors (Lipinski definition) is 0.